The molecule has 3 aromatic rings. The van der Waals surface area contributed by atoms with Crippen LogP contribution in [0, 0.1) is 12.7 Å². The highest BCUT2D eigenvalue weighted by atomic mass is 35.5. The number of carbonyl (C=O) groups excluding carboxylic acids is 1. The van der Waals surface area contributed by atoms with Crippen LogP contribution in [0.2, 0.25) is 5.02 Å². The minimum absolute atomic E-state index is 0.112. The van der Waals surface area contributed by atoms with Gasteiger partial charge in [0.15, 0.2) is 11.5 Å². The van der Waals surface area contributed by atoms with Crippen LogP contribution in [-0.4, -0.2) is 10.9 Å². The lowest BCUT2D eigenvalue weighted by atomic mass is 10.2. The van der Waals surface area contributed by atoms with Crippen LogP contribution in [-0.2, 0) is 0 Å². The van der Waals surface area contributed by atoms with Gasteiger partial charge in [0, 0.05) is 17.6 Å². The highest BCUT2D eigenvalue weighted by molar-refractivity contribution is 6.31. The molecule has 0 saturated heterocycles. The molecule has 0 aliphatic carbocycles. The summed E-state index contributed by atoms with van der Waals surface area (Å²) in [6.07, 6.45) is 0. The molecule has 0 unspecified atom stereocenters. The number of carbonyl (C=O) groups is 1. The molecule has 1 heterocycles. The van der Waals surface area contributed by atoms with Crippen LogP contribution < -0.4 is 5.32 Å². The number of hydrogen-bond donors (Lipinski definition) is 1. The molecule has 21 heavy (non-hydrogen) atoms. The lowest BCUT2D eigenvalue weighted by molar-refractivity contribution is 0.102. The van der Waals surface area contributed by atoms with Crippen molar-refractivity contribution in [3.05, 3.63) is 58.7 Å². The fourth-order valence-corrected chi connectivity index (χ4v) is 2.16. The van der Waals surface area contributed by atoms with E-state index < -0.39 is 11.7 Å². The molecule has 0 spiro atoms. The van der Waals surface area contributed by atoms with Crippen LogP contribution in [0.25, 0.3) is 11.1 Å². The number of anilines is 1. The van der Waals surface area contributed by atoms with Crippen LogP contribution in [0.15, 0.2) is 40.8 Å². The maximum atomic E-state index is 13.6. The molecule has 0 aliphatic heterocycles. The molecule has 0 fully saturated rings. The molecule has 3 rings (SSSR count). The summed E-state index contributed by atoms with van der Waals surface area (Å²) < 4.78 is 19.0. The minimum atomic E-state index is -0.629. The van der Waals surface area contributed by atoms with E-state index in [2.05, 4.69) is 10.3 Å². The van der Waals surface area contributed by atoms with Crippen molar-refractivity contribution >= 4 is 34.3 Å². The van der Waals surface area contributed by atoms with Gasteiger partial charge in [-0.25, -0.2) is 9.37 Å². The Hall–Kier alpha value is -2.40. The Kier molecular flexibility index (Phi) is 3.35. The zero-order valence-corrected chi connectivity index (χ0v) is 11.7. The number of benzene rings is 2. The van der Waals surface area contributed by atoms with Gasteiger partial charge in [-0.2, -0.15) is 0 Å². The van der Waals surface area contributed by atoms with Crippen LogP contribution in [0.1, 0.15) is 16.2 Å². The quantitative estimate of drug-likeness (QED) is 0.772. The maximum Gasteiger partial charge on any atom is 0.258 e. The summed E-state index contributed by atoms with van der Waals surface area (Å²) in [5.41, 5.74) is 1.63. The highest BCUT2D eigenvalue weighted by Gasteiger charge is 2.13. The number of aromatic nitrogens is 1. The van der Waals surface area contributed by atoms with Gasteiger partial charge in [0.1, 0.15) is 11.3 Å². The van der Waals surface area contributed by atoms with Crippen molar-refractivity contribution in [2.75, 3.05) is 5.32 Å². The normalized spacial score (nSPS) is 10.8. The fourth-order valence-electron chi connectivity index (χ4n) is 1.99. The first kappa shape index (κ1) is 13.6. The molecular formula is C15H10ClFN2O2. The van der Waals surface area contributed by atoms with E-state index in [0.29, 0.717) is 27.7 Å². The standard InChI is InChI=1S/C15H10ClFN2O2/c1-8-18-13-7-10(3-5-14(13)21-8)19-15(20)11-6-9(16)2-4-12(11)17/h2-7H,1H3,(H,19,20). The van der Waals surface area contributed by atoms with E-state index in [9.17, 15) is 9.18 Å². The van der Waals surface area contributed by atoms with Gasteiger partial charge in [-0.3, -0.25) is 4.79 Å². The zero-order chi connectivity index (χ0) is 15.0. The highest BCUT2D eigenvalue weighted by Crippen LogP contribution is 2.21. The summed E-state index contributed by atoms with van der Waals surface area (Å²) in [6, 6.07) is 8.84. The number of halogens is 2. The Morgan fingerprint density at radius 1 is 1.29 bits per heavy atom. The first-order chi connectivity index (χ1) is 10.0. The number of nitrogens with zero attached hydrogens (tertiary/aromatic N) is 1. The molecule has 6 heteroatoms. The number of amides is 1. The zero-order valence-electron chi connectivity index (χ0n) is 11.0. The summed E-state index contributed by atoms with van der Waals surface area (Å²) in [4.78, 5) is 16.2. The van der Waals surface area contributed by atoms with Gasteiger partial charge in [0.05, 0.1) is 5.56 Å². The average Bonchev–Trinajstić information content (AvgIpc) is 2.80. The number of nitrogens with one attached hydrogen (secondary N) is 1. The van der Waals surface area contributed by atoms with Crippen molar-refractivity contribution in [3.63, 3.8) is 0 Å². The molecule has 106 valence electrons. The molecule has 0 radical (unpaired) electrons. The molecule has 2 aromatic carbocycles. The third kappa shape index (κ3) is 2.73. The van der Waals surface area contributed by atoms with E-state index in [1.54, 1.807) is 25.1 Å². The second kappa shape index (κ2) is 5.18. The Morgan fingerprint density at radius 2 is 2.10 bits per heavy atom. The van der Waals surface area contributed by atoms with E-state index in [1.165, 1.54) is 12.1 Å². The van der Waals surface area contributed by atoms with Crippen molar-refractivity contribution in [2.45, 2.75) is 6.92 Å². The van der Waals surface area contributed by atoms with E-state index >= 15 is 0 Å². The summed E-state index contributed by atoms with van der Waals surface area (Å²) in [6.45, 7) is 1.74. The molecule has 0 saturated carbocycles. The van der Waals surface area contributed by atoms with Gasteiger partial charge in [-0.15, -0.1) is 0 Å². The lowest BCUT2D eigenvalue weighted by Gasteiger charge is -2.06. The number of oxazole rings is 1. The summed E-state index contributed by atoms with van der Waals surface area (Å²) in [5, 5.41) is 2.90. The van der Waals surface area contributed by atoms with Crippen molar-refractivity contribution in [3.8, 4) is 0 Å². The van der Waals surface area contributed by atoms with Crippen molar-refractivity contribution in [1.29, 1.82) is 0 Å². The third-order valence-electron chi connectivity index (χ3n) is 2.93. The Balaban J connectivity index is 1.90. The van der Waals surface area contributed by atoms with E-state index in [4.69, 9.17) is 16.0 Å². The van der Waals surface area contributed by atoms with Gasteiger partial charge in [-0.1, -0.05) is 11.6 Å². The van der Waals surface area contributed by atoms with E-state index in [1.807, 2.05) is 0 Å². The second-order valence-corrected chi connectivity index (χ2v) is 4.93. The first-order valence-corrected chi connectivity index (χ1v) is 6.54. The van der Waals surface area contributed by atoms with Gasteiger partial charge in [-0.05, 0) is 36.4 Å². The first-order valence-electron chi connectivity index (χ1n) is 6.16. The van der Waals surface area contributed by atoms with Crippen molar-refractivity contribution < 1.29 is 13.6 Å². The van der Waals surface area contributed by atoms with Gasteiger partial charge < -0.3 is 9.73 Å². The van der Waals surface area contributed by atoms with Crippen LogP contribution >= 0.6 is 11.6 Å². The van der Waals surface area contributed by atoms with Crippen molar-refractivity contribution in [2.24, 2.45) is 0 Å². The largest absolute Gasteiger partial charge is 0.441 e. The molecule has 1 N–H and O–H groups in total. The van der Waals surface area contributed by atoms with Crippen LogP contribution in [0.5, 0.6) is 0 Å². The smallest absolute Gasteiger partial charge is 0.258 e. The average molecular weight is 305 g/mol. The second-order valence-electron chi connectivity index (χ2n) is 4.49. The Morgan fingerprint density at radius 3 is 2.90 bits per heavy atom. The van der Waals surface area contributed by atoms with E-state index in [-0.39, 0.29) is 5.56 Å². The summed E-state index contributed by atoms with van der Waals surface area (Å²) in [7, 11) is 0. The molecule has 1 amide bonds. The summed E-state index contributed by atoms with van der Waals surface area (Å²) >= 11 is 5.78. The SMILES string of the molecule is Cc1nc2cc(NC(=O)c3cc(Cl)ccc3F)ccc2o1. The van der Waals surface area contributed by atoms with Crippen molar-refractivity contribution in [1.82, 2.24) is 4.98 Å². The molecular weight excluding hydrogens is 295 g/mol. The van der Waals surface area contributed by atoms with Crippen LogP contribution in [0.4, 0.5) is 10.1 Å². The molecule has 4 nitrogen and oxygen atoms in total. The van der Waals surface area contributed by atoms with Gasteiger partial charge >= 0.3 is 0 Å². The predicted octanol–water partition coefficient (Wildman–Crippen LogP) is 4.18. The maximum absolute atomic E-state index is 13.6. The van der Waals surface area contributed by atoms with Crippen LogP contribution in [0.3, 0.4) is 0 Å². The topological polar surface area (TPSA) is 55.1 Å². The predicted molar refractivity (Wildman–Crippen MR) is 78.1 cm³/mol. The third-order valence-corrected chi connectivity index (χ3v) is 3.16. The molecule has 1 aromatic heterocycles. The molecule has 0 bridgehead atoms. The number of hydrogen-bond acceptors (Lipinski definition) is 3. The Bertz CT molecular complexity index is 845. The Labute approximate surface area is 124 Å². The lowest BCUT2D eigenvalue weighted by Crippen LogP contribution is -2.13. The molecule has 0 atom stereocenters. The number of fused-ring (bicyclic) bond motifs is 1. The monoisotopic (exact) mass is 304 g/mol. The summed E-state index contributed by atoms with van der Waals surface area (Å²) in [5.74, 6) is -0.667. The van der Waals surface area contributed by atoms with Gasteiger partial charge in [0.25, 0.3) is 5.91 Å². The number of aryl methyl sites for hydroxylation is 1. The minimum Gasteiger partial charge on any atom is -0.441 e. The fraction of sp³-hybridized carbons (Fsp3) is 0.0667. The molecule has 0 aliphatic rings. The number of rotatable bonds is 2. The van der Waals surface area contributed by atoms with E-state index in [0.717, 1.165) is 6.07 Å². The van der Waals surface area contributed by atoms with Gasteiger partial charge in [0.2, 0.25) is 0 Å².